The molecule has 1 atom stereocenters. The van der Waals surface area contributed by atoms with E-state index >= 15 is 0 Å². The number of nitrogens with zero attached hydrogens (tertiary/aromatic N) is 1. The van der Waals surface area contributed by atoms with Gasteiger partial charge in [0.2, 0.25) is 0 Å². The van der Waals surface area contributed by atoms with Gasteiger partial charge in [0.05, 0.1) is 5.56 Å². The molecule has 0 radical (unpaired) electrons. The van der Waals surface area contributed by atoms with Gasteiger partial charge in [0.25, 0.3) is 5.91 Å². The molecule has 0 aliphatic carbocycles. The van der Waals surface area contributed by atoms with E-state index in [4.69, 9.17) is 0 Å². The highest BCUT2D eigenvalue weighted by Crippen LogP contribution is 2.37. The zero-order chi connectivity index (χ0) is 14.9. The predicted molar refractivity (Wildman–Crippen MR) is 79.4 cm³/mol. The van der Waals surface area contributed by atoms with Crippen molar-refractivity contribution in [3.05, 3.63) is 23.8 Å². The van der Waals surface area contributed by atoms with Crippen LogP contribution in [0.1, 0.15) is 36.0 Å². The first-order valence-electron chi connectivity index (χ1n) is 7.62. The number of piperidine rings is 2. The van der Waals surface area contributed by atoms with Crippen molar-refractivity contribution in [2.24, 2.45) is 5.41 Å². The minimum absolute atomic E-state index is 0.0318. The molecule has 5 nitrogen and oxygen atoms in total. The molecule has 2 saturated heterocycles. The van der Waals surface area contributed by atoms with Crippen LogP contribution < -0.4 is 5.32 Å². The molecular formula is C16H22N2O3. The van der Waals surface area contributed by atoms with Crippen molar-refractivity contribution >= 4 is 5.91 Å². The van der Waals surface area contributed by atoms with Gasteiger partial charge in [-0.2, -0.15) is 0 Å². The number of amides is 1. The molecule has 2 aliphatic heterocycles. The lowest BCUT2D eigenvalue weighted by molar-refractivity contribution is 0.0431. The zero-order valence-electron chi connectivity index (χ0n) is 12.1. The lowest BCUT2D eigenvalue weighted by Crippen LogP contribution is -2.52. The molecule has 2 heterocycles. The monoisotopic (exact) mass is 290 g/mol. The van der Waals surface area contributed by atoms with E-state index < -0.39 is 0 Å². The molecular weight excluding hydrogens is 268 g/mol. The largest absolute Gasteiger partial charge is 0.508 e. The summed E-state index contributed by atoms with van der Waals surface area (Å²) in [6, 6.07) is 4.15. The third-order valence-electron chi connectivity index (χ3n) is 4.72. The molecule has 3 rings (SSSR count). The van der Waals surface area contributed by atoms with Crippen LogP contribution in [0.2, 0.25) is 0 Å². The smallest absolute Gasteiger partial charge is 0.257 e. The molecule has 1 aromatic rings. The van der Waals surface area contributed by atoms with Crippen LogP contribution in [-0.2, 0) is 0 Å². The molecule has 0 bridgehead atoms. The highest BCUT2D eigenvalue weighted by molar-refractivity contribution is 5.97. The Balaban J connectivity index is 1.77. The van der Waals surface area contributed by atoms with E-state index in [1.807, 2.05) is 4.90 Å². The SMILES string of the molecule is O=C(c1ccc(O)cc1O)N1CCCC2(CCCNC2)C1. The molecule has 1 aromatic carbocycles. The van der Waals surface area contributed by atoms with Gasteiger partial charge in [-0.15, -0.1) is 0 Å². The summed E-state index contributed by atoms with van der Waals surface area (Å²) in [7, 11) is 0. The zero-order valence-corrected chi connectivity index (χ0v) is 12.1. The summed E-state index contributed by atoms with van der Waals surface area (Å²) in [5, 5.41) is 22.7. The van der Waals surface area contributed by atoms with E-state index in [1.54, 1.807) is 0 Å². The molecule has 0 saturated carbocycles. The Kier molecular flexibility index (Phi) is 3.76. The number of carbonyl (C=O) groups excluding carboxylic acids is 1. The minimum Gasteiger partial charge on any atom is -0.508 e. The number of likely N-dealkylation sites (tertiary alicyclic amines) is 1. The number of hydrogen-bond donors (Lipinski definition) is 3. The van der Waals surface area contributed by atoms with Gasteiger partial charge in [0.1, 0.15) is 11.5 Å². The molecule has 1 unspecified atom stereocenters. The van der Waals surface area contributed by atoms with Crippen LogP contribution >= 0.6 is 0 Å². The van der Waals surface area contributed by atoms with E-state index in [9.17, 15) is 15.0 Å². The molecule has 2 fully saturated rings. The van der Waals surface area contributed by atoms with E-state index in [2.05, 4.69) is 5.32 Å². The molecule has 3 N–H and O–H groups in total. The van der Waals surface area contributed by atoms with Crippen molar-refractivity contribution in [2.45, 2.75) is 25.7 Å². The van der Waals surface area contributed by atoms with Crippen molar-refractivity contribution in [3.8, 4) is 11.5 Å². The number of rotatable bonds is 1. The molecule has 2 aliphatic rings. The Morgan fingerprint density at radius 2 is 2.05 bits per heavy atom. The van der Waals surface area contributed by atoms with Gasteiger partial charge in [0, 0.05) is 31.1 Å². The van der Waals surface area contributed by atoms with Crippen molar-refractivity contribution in [3.63, 3.8) is 0 Å². The Hall–Kier alpha value is -1.75. The van der Waals surface area contributed by atoms with Crippen molar-refractivity contribution in [1.82, 2.24) is 10.2 Å². The van der Waals surface area contributed by atoms with Crippen LogP contribution in [0.15, 0.2) is 18.2 Å². The highest BCUT2D eigenvalue weighted by atomic mass is 16.3. The topological polar surface area (TPSA) is 72.8 Å². The standard InChI is InChI=1S/C16H22N2O3/c19-12-3-4-13(14(20)9-12)15(21)18-8-2-6-16(11-18)5-1-7-17-10-16/h3-4,9,17,19-20H,1-2,5-8,10-11H2. The number of aromatic hydroxyl groups is 2. The fourth-order valence-corrected chi connectivity index (χ4v) is 3.63. The van der Waals surface area contributed by atoms with E-state index in [0.717, 1.165) is 51.9 Å². The second-order valence-electron chi connectivity index (χ2n) is 6.31. The molecule has 1 amide bonds. The summed E-state index contributed by atoms with van der Waals surface area (Å²) < 4.78 is 0. The normalized spacial score (nSPS) is 26.0. The fourth-order valence-electron chi connectivity index (χ4n) is 3.63. The number of nitrogens with one attached hydrogen (secondary N) is 1. The van der Waals surface area contributed by atoms with Crippen LogP contribution in [-0.4, -0.2) is 47.2 Å². The lowest BCUT2D eigenvalue weighted by atomic mass is 9.74. The summed E-state index contributed by atoms with van der Waals surface area (Å²) in [6.07, 6.45) is 4.48. The second kappa shape index (κ2) is 5.56. The van der Waals surface area contributed by atoms with Gasteiger partial charge in [-0.05, 0) is 44.4 Å². The van der Waals surface area contributed by atoms with Crippen LogP contribution in [0.4, 0.5) is 0 Å². The maximum absolute atomic E-state index is 12.6. The maximum atomic E-state index is 12.6. The number of carbonyl (C=O) groups is 1. The van der Waals surface area contributed by atoms with E-state index in [1.165, 1.54) is 18.2 Å². The van der Waals surface area contributed by atoms with Gasteiger partial charge in [0.15, 0.2) is 0 Å². The number of phenolic OH excluding ortho intramolecular Hbond substituents is 2. The third-order valence-corrected chi connectivity index (χ3v) is 4.72. The van der Waals surface area contributed by atoms with Crippen LogP contribution in [0.3, 0.4) is 0 Å². The third kappa shape index (κ3) is 2.83. The number of hydrogen-bond acceptors (Lipinski definition) is 4. The Morgan fingerprint density at radius 3 is 2.76 bits per heavy atom. The van der Waals surface area contributed by atoms with Gasteiger partial charge < -0.3 is 20.4 Å². The summed E-state index contributed by atoms with van der Waals surface area (Å²) >= 11 is 0. The molecule has 0 aromatic heterocycles. The average Bonchev–Trinajstić information content (AvgIpc) is 2.47. The predicted octanol–water partition coefficient (Wildman–Crippen LogP) is 1.70. The summed E-state index contributed by atoms with van der Waals surface area (Å²) in [5.74, 6) is -0.325. The van der Waals surface area contributed by atoms with Crippen molar-refractivity contribution in [2.75, 3.05) is 26.2 Å². The summed E-state index contributed by atoms with van der Waals surface area (Å²) in [6.45, 7) is 3.52. The first-order chi connectivity index (χ1) is 10.1. The maximum Gasteiger partial charge on any atom is 0.257 e. The molecule has 21 heavy (non-hydrogen) atoms. The van der Waals surface area contributed by atoms with Gasteiger partial charge in [-0.3, -0.25) is 4.79 Å². The van der Waals surface area contributed by atoms with Gasteiger partial charge in [-0.25, -0.2) is 0 Å². The minimum atomic E-state index is -0.151. The first-order valence-corrected chi connectivity index (χ1v) is 7.62. The Labute approximate surface area is 124 Å². The summed E-state index contributed by atoms with van der Waals surface area (Å²) in [4.78, 5) is 14.5. The quantitative estimate of drug-likeness (QED) is 0.736. The molecule has 5 heteroatoms. The Morgan fingerprint density at radius 1 is 1.24 bits per heavy atom. The Bertz CT molecular complexity index is 533. The molecule has 114 valence electrons. The van der Waals surface area contributed by atoms with Gasteiger partial charge >= 0.3 is 0 Å². The number of benzene rings is 1. The van der Waals surface area contributed by atoms with E-state index in [0.29, 0.717) is 0 Å². The van der Waals surface area contributed by atoms with Gasteiger partial charge in [-0.1, -0.05) is 0 Å². The average molecular weight is 290 g/mol. The molecule has 1 spiro atoms. The highest BCUT2D eigenvalue weighted by Gasteiger charge is 2.38. The van der Waals surface area contributed by atoms with Crippen molar-refractivity contribution < 1.29 is 15.0 Å². The number of phenols is 2. The van der Waals surface area contributed by atoms with E-state index in [-0.39, 0.29) is 28.4 Å². The van der Waals surface area contributed by atoms with Crippen molar-refractivity contribution in [1.29, 1.82) is 0 Å². The summed E-state index contributed by atoms with van der Waals surface area (Å²) in [5.41, 5.74) is 0.465. The second-order valence-corrected chi connectivity index (χ2v) is 6.31. The van der Waals surface area contributed by atoms with Crippen LogP contribution in [0, 0.1) is 5.41 Å². The van der Waals surface area contributed by atoms with Crippen LogP contribution in [0.25, 0.3) is 0 Å². The fraction of sp³-hybridized carbons (Fsp3) is 0.562. The lowest BCUT2D eigenvalue weighted by Gasteiger charge is -2.45. The first kappa shape index (κ1) is 14.2. The van der Waals surface area contributed by atoms with Crippen LogP contribution in [0.5, 0.6) is 11.5 Å².